The Morgan fingerprint density at radius 3 is 2.76 bits per heavy atom. The molecule has 0 radical (unpaired) electrons. The van der Waals surface area contributed by atoms with Gasteiger partial charge >= 0.3 is 0 Å². The Kier molecular flexibility index (Phi) is 3.82. The molecule has 3 unspecified atom stereocenters. The molecule has 0 saturated carbocycles. The van der Waals surface area contributed by atoms with E-state index in [0.717, 1.165) is 36.0 Å². The van der Waals surface area contributed by atoms with Gasteiger partial charge in [-0.2, -0.15) is 0 Å². The van der Waals surface area contributed by atoms with Crippen LogP contribution in [0.2, 0.25) is 0 Å². The Balaban J connectivity index is 2.09. The molecule has 5 heteroatoms. The molecule has 1 aromatic carbocycles. The zero-order valence-electron chi connectivity index (χ0n) is 12.5. The molecule has 2 heterocycles. The molecule has 0 aromatic heterocycles. The lowest BCUT2D eigenvalue weighted by Gasteiger charge is -2.47. The SMILES string of the molecule is CC1(C)CN2CCCC2C([N+](=O)[O-])C1c1ccccc1Br. The van der Waals surface area contributed by atoms with Gasteiger partial charge < -0.3 is 0 Å². The van der Waals surface area contributed by atoms with Crippen LogP contribution in [0.3, 0.4) is 0 Å². The third-order valence-corrected chi connectivity index (χ3v) is 5.81. The summed E-state index contributed by atoms with van der Waals surface area (Å²) in [7, 11) is 0. The van der Waals surface area contributed by atoms with E-state index in [9.17, 15) is 10.1 Å². The van der Waals surface area contributed by atoms with E-state index in [2.05, 4.69) is 34.7 Å². The maximum absolute atomic E-state index is 11.8. The fourth-order valence-electron chi connectivity index (χ4n) is 4.34. The highest BCUT2D eigenvalue weighted by Gasteiger charge is 2.55. The highest BCUT2D eigenvalue weighted by atomic mass is 79.9. The smallest absolute Gasteiger partial charge is 0.235 e. The van der Waals surface area contributed by atoms with Gasteiger partial charge in [-0.3, -0.25) is 15.0 Å². The molecular formula is C16H21BrN2O2. The largest absolute Gasteiger partial charge is 0.293 e. The molecule has 4 nitrogen and oxygen atoms in total. The van der Waals surface area contributed by atoms with Gasteiger partial charge in [-0.15, -0.1) is 0 Å². The van der Waals surface area contributed by atoms with Gasteiger partial charge in [0.05, 0.1) is 12.0 Å². The summed E-state index contributed by atoms with van der Waals surface area (Å²) in [4.78, 5) is 14.1. The van der Waals surface area contributed by atoms with Crippen molar-refractivity contribution >= 4 is 15.9 Å². The predicted octanol–water partition coefficient (Wildman–Crippen LogP) is 3.68. The molecule has 2 aliphatic rings. The number of fused-ring (bicyclic) bond motifs is 1. The molecule has 21 heavy (non-hydrogen) atoms. The molecule has 0 N–H and O–H groups in total. The lowest BCUT2D eigenvalue weighted by Crippen LogP contribution is -2.58. The van der Waals surface area contributed by atoms with Gasteiger partial charge in [-0.1, -0.05) is 48.0 Å². The summed E-state index contributed by atoms with van der Waals surface area (Å²) in [6, 6.07) is 7.54. The van der Waals surface area contributed by atoms with Crippen LogP contribution in [0.5, 0.6) is 0 Å². The van der Waals surface area contributed by atoms with Crippen LogP contribution in [-0.4, -0.2) is 35.0 Å². The monoisotopic (exact) mass is 352 g/mol. The van der Waals surface area contributed by atoms with E-state index >= 15 is 0 Å². The van der Waals surface area contributed by atoms with Crippen molar-refractivity contribution in [1.29, 1.82) is 0 Å². The summed E-state index contributed by atoms with van der Waals surface area (Å²) in [5.74, 6) is -0.0533. The fourth-order valence-corrected chi connectivity index (χ4v) is 4.87. The average molecular weight is 353 g/mol. The number of nitrogens with zero attached hydrogens (tertiary/aromatic N) is 2. The lowest BCUT2D eigenvalue weighted by molar-refractivity contribution is -0.541. The number of hydrogen-bond donors (Lipinski definition) is 0. The van der Waals surface area contributed by atoms with Crippen molar-refractivity contribution in [3.63, 3.8) is 0 Å². The van der Waals surface area contributed by atoms with E-state index in [1.165, 1.54) is 0 Å². The molecule has 0 spiro atoms. The Labute approximate surface area is 133 Å². The molecule has 3 rings (SSSR count). The van der Waals surface area contributed by atoms with Gasteiger partial charge in [0.2, 0.25) is 6.04 Å². The second kappa shape index (κ2) is 5.36. The van der Waals surface area contributed by atoms with E-state index in [1.807, 2.05) is 24.3 Å². The Hall–Kier alpha value is -0.940. The topological polar surface area (TPSA) is 46.4 Å². The van der Waals surface area contributed by atoms with Crippen molar-refractivity contribution in [3.8, 4) is 0 Å². The molecule has 2 fully saturated rings. The van der Waals surface area contributed by atoms with Gasteiger partial charge in [-0.25, -0.2) is 0 Å². The van der Waals surface area contributed by atoms with Crippen molar-refractivity contribution in [1.82, 2.24) is 4.90 Å². The van der Waals surface area contributed by atoms with Crippen LogP contribution < -0.4 is 0 Å². The lowest BCUT2D eigenvalue weighted by atomic mass is 9.66. The van der Waals surface area contributed by atoms with Gasteiger partial charge in [-0.05, 0) is 36.4 Å². The normalized spacial score (nSPS) is 31.9. The zero-order valence-corrected chi connectivity index (χ0v) is 14.0. The average Bonchev–Trinajstić information content (AvgIpc) is 2.84. The molecule has 2 aliphatic heterocycles. The third kappa shape index (κ3) is 2.50. The van der Waals surface area contributed by atoms with E-state index in [1.54, 1.807) is 0 Å². The standard InChI is InChI=1S/C16H21BrN2O2/c1-16(2)10-18-9-5-8-13(18)15(19(20)21)14(16)11-6-3-4-7-12(11)17/h3-4,6-7,13-15H,5,8-10H2,1-2H3. The van der Waals surface area contributed by atoms with E-state index in [4.69, 9.17) is 0 Å². The minimum Gasteiger partial charge on any atom is -0.293 e. The number of benzene rings is 1. The van der Waals surface area contributed by atoms with Crippen LogP contribution >= 0.6 is 15.9 Å². The minimum absolute atomic E-state index is 0.0337. The van der Waals surface area contributed by atoms with Gasteiger partial charge in [0.25, 0.3) is 0 Å². The Bertz CT molecular complexity index is 561. The summed E-state index contributed by atoms with van der Waals surface area (Å²) in [6.07, 6.45) is 2.02. The van der Waals surface area contributed by atoms with Crippen molar-refractivity contribution in [2.24, 2.45) is 5.41 Å². The summed E-state index contributed by atoms with van der Waals surface area (Å²) >= 11 is 3.60. The third-order valence-electron chi connectivity index (χ3n) is 5.09. The quantitative estimate of drug-likeness (QED) is 0.602. The second-order valence-electron chi connectivity index (χ2n) is 6.94. The maximum atomic E-state index is 11.8. The summed E-state index contributed by atoms with van der Waals surface area (Å²) in [5, 5.41) is 11.8. The number of hydrogen-bond acceptors (Lipinski definition) is 3. The molecule has 2 saturated heterocycles. The number of nitro groups is 1. The zero-order chi connectivity index (χ0) is 15.2. The molecule has 3 atom stereocenters. The minimum atomic E-state index is -0.519. The molecule has 0 amide bonds. The summed E-state index contributed by atoms with van der Waals surface area (Å²) in [5.41, 5.74) is 0.971. The van der Waals surface area contributed by atoms with Crippen molar-refractivity contribution in [2.45, 2.75) is 44.7 Å². The van der Waals surface area contributed by atoms with E-state index in [0.29, 0.717) is 0 Å². The van der Waals surface area contributed by atoms with Crippen molar-refractivity contribution < 1.29 is 4.92 Å². The first-order chi connectivity index (χ1) is 9.92. The van der Waals surface area contributed by atoms with Crippen LogP contribution in [0, 0.1) is 15.5 Å². The van der Waals surface area contributed by atoms with Crippen LogP contribution in [0.4, 0.5) is 0 Å². The maximum Gasteiger partial charge on any atom is 0.235 e. The molecule has 114 valence electrons. The Morgan fingerprint density at radius 1 is 1.38 bits per heavy atom. The second-order valence-corrected chi connectivity index (χ2v) is 7.80. The van der Waals surface area contributed by atoms with Crippen LogP contribution in [0.15, 0.2) is 28.7 Å². The van der Waals surface area contributed by atoms with E-state index < -0.39 is 6.04 Å². The fraction of sp³-hybridized carbons (Fsp3) is 0.625. The molecule has 1 aromatic rings. The summed E-state index contributed by atoms with van der Waals surface area (Å²) in [6.45, 7) is 6.28. The van der Waals surface area contributed by atoms with Crippen molar-refractivity contribution in [3.05, 3.63) is 44.4 Å². The first-order valence-electron chi connectivity index (χ1n) is 7.54. The van der Waals surface area contributed by atoms with Crippen molar-refractivity contribution in [2.75, 3.05) is 13.1 Å². The number of halogens is 1. The van der Waals surface area contributed by atoms with Crippen LogP contribution in [0.1, 0.15) is 38.2 Å². The summed E-state index contributed by atoms with van der Waals surface area (Å²) < 4.78 is 0.987. The Morgan fingerprint density at radius 2 is 2.10 bits per heavy atom. The predicted molar refractivity (Wildman–Crippen MR) is 86.0 cm³/mol. The highest BCUT2D eigenvalue weighted by molar-refractivity contribution is 9.10. The van der Waals surface area contributed by atoms with Crippen LogP contribution in [0.25, 0.3) is 0 Å². The first-order valence-corrected chi connectivity index (χ1v) is 8.33. The van der Waals surface area contributed by atoms with Gasteiger partial charge in [0.15, 0.2) is 0 Å². The highest BCUT2D eigenvalue weighted by Crippen LogP contribution is 2.49. The molecule has 0 aliphatic carbocycles. The van der Waals surface area contributed by atoms with E-state index in [-0.39, 0.29) is 22.3 Å². The molecule has 0 bridgehead atoms. The molecular weight excluding hydrogens is 332 g/mol. The van der Waals surface area contributed by atoms with Gasteiger partial charge in [0.1, 0.15) is 0 Å². The number of rotatable bonds is 2. The number of piperidine rings is 1. The first kappa shape index (κ1) is 15.0. The van der Waals surface area contributed by atoms with Crippen LogP contribution in [-0.2, 0) is 0 Å². The van der Waals surface area contributed by atoms with Gasteiger partial charge in [0, 0.05) is 15.9 Å².